The first kappa shape index (κ1) is 17.8. The highest BCUT2D eigenvalue weighted by molar-refractivity contribution is 7.14. The van der Waals surface area contributed by atoms with Crippen molar-refractivity contribution in [2.45, 2.75) is 13.8 Å². The van der Waals surface area contributed by atoms with Crippen molar-refractivity contribution in [2.24, 2.45) is 0 Å². The lowest BCUT2D eigenvalue weighted by Crippen LogP contribution is -2.32. The Kier molecular flexibility index (Phi) is 5.38. The average molecular weight is 366 g/mol. The highest BCUT2D eigenvalue weighted by atomic mass is 32.1. The number of hydrogen-bond donors (Lipinski definition) is 2. The van der Waals surface area contributed by atoms with Crippen molar-refractivity contribution in [1.29, 1.82) is 0 Å². The number of rotatable bonds is 5. The zero-order valence-electron chi connectivity index (χ0n) is 14.4. The Morgan fingerprint density at radius 1 is 1.08 bits per heavy atom. The fraction of sp³-hybridized carbons (Fsp3) is 0.158. The van der Waals surface area contributed by atoms with Crippen LogP contribution in [0.3, 0.4) is 0 Å². The maximum absolute atomic E-state index is 12.1. The molecule has 2 amide bonds. The Bertz CT molecular complexity index is 938. The standard InChI is InChI=1S/C19H18N4O2S/c1-12-3-4-15(9-13(12)2)18(25)21-10-17(24)23-19-22-16(11-26-19)14-5-7-20-8-6-14/h3-9,11H,10H2,1-2H3,(H,21,25)(H,22,23,24). The van der Waals surface area contributed by atoms with Crippen molar-refractivity contribution in [1.82, 2.24) is 15.3 Å². The maximum Gasteiger partial charge on any atom is 0.251 e. The van der Waals surface area contributed by atoms with Gasteiger partial charge < -0.3 is 10.6 Å². The lowest BCUT2D eigenvalue weighted by molar-refractivity contribution is -0.115. The molecule has 0 aliphatic rings. The first-order valence-corrected chi connectivity index (χ1v) is 8.92. The number of amides is 2. The van der Waals surface area contributed by atoms with Crippen molar-refractivity contribution in [3.8, 4) is 11.3 Å². The summed E-state index contributed by atoms with van der Waals surface area (Å²) in [7, 11) is 0. The van der Waals surface area contributed by atoms with Crippen LogP contribution in [-0.4, -0.2) is 28.3 Å². The molecule has 2 N–H and O–H groups in total. The zero-order chi connectivity index (χ0) is 18.5. The average Bonchev–Trinajstić information content (AvgIpc) is 3.11. The SMILES string of the molecule is Cc1ccc(C(=O)NCC(=O)Nc2nc(-c3ccncc3)cs2)cc1C. The van der Waals surface area contributed by atoms with Crippen molar-refractivity contribution in [3.63, 3.8) is 0 Å². The van der Waals surface area contributed by atoms with E-state index in [0.29, 0.717) is 10.7 Å². The molecule has 0 fully saturated rings. The Hall–Kier alpha value is -3.06. The third-order valence-corrected chi connectivity index (χ3v) is 4.66. The minimum Gasteiger partial charge on any atom is -0.343 e. The van der Waals surface area contributed by atoms with Gasteiger partial charge in [0.2, 0.25) is 5.91 Å². The number of nitrogens with zero attached hydrogens (tertiary/aromatic N) is 2. The third kappa shape index (κ3) is 4.31. The van der Waals surface area contributed by atoms with Gasteiger partial charge in [-0.25, -0.2) is 4.98 Å². The molecule has 1 aromatic carbocycles. The second-order valence-electron chi connectivity index (χ2n) is 5.80. The molecule has 2 heterocycles. The maximum atomic E-state index is 12.1. The highest BCUT2D eigenvalue weighted by Crippen LogP contribution is 2.24. The van der Waals surface area contributed by atoms with Crippen LogP contribution in [0.2, 0.25) is 0 Å². The van der Waals surface area contributed by atoms with E-state index in [0.717, 1.165) is 22.4 Å². The van der Waals surface area contributed by atoms with Gasteiger partial charge in [0.25, 0.3) is 5.91 Å². The van der Waals surface area contributed by atoms with Gasteiger partial charge >= 0.3 is 0 Å². The van der Waals surface area contributed by atoms with Gasteiger partial charge in [0, 0.05) is 28.9 Å². The number of hydrogen-bond acceptors (Lipinski definition) is 5. The monoisotopic (exact) mass is 366 g/mol. The van der Waals surface area contributed by atoms with Crippen LogP contribution in [-0.2, 0) is 4.79 Å². The summed E-state index contributed by atoms with van der Waals surface area (Å²) in [6.45, 7) is 3.82. The van der Waals surface area contributed by atoms with E-state index >= 15 is 0 Å². The molecule has 0 aliphatic carbocycles. The van der Waals surface area contributed by atoms with Gasteiger partial charge in [-0.2, -0.15) is 0 Å². The molecule has 0 spiro atoms. The van der Waals surface area contributed by atoms with E-state index in [1.54, 1.807) is 18.5 Å². The Balaban J connectivity index is 1.55. The van der Waals surface area contributed by atoms with E-state index in [-0.39, 0.29) is 18.4 Å². The number of thiazole rings is 1. The van der Waals surface area contributed by atoms with Crippen molar-refractivity contribution in [3.05, 3.63) is 64.8 Å². The fourth-order valence-electron chi connectivity index (χ4n) is 2.30. The zero-order valence-corrected chi connectivity index (χ0v) is 15.3. The number of carbonyl (C=O) groups excluding carboxylic acids is 2. The molecule has 0 aliphatic heterocycles. The minimum atomic E-state index is -0.321. The number of carbonyl (C=O) groups is 2. The summed E-state index contributed by atoms with van der Waals surface area (Å²) in [5.74, 6) is -0.599. The van der Waals surface area contributed by atoms with E-state index in [1.807, 2.05) is 43.5 Å². The van der Waals surface area contributed by atoms with Crippen LogP contribution in [0.5, 0.6) is 0 Å². The number of benzene rings is 1. The first-order valence-electron chi connectivity index (χ1n) is 8.04. The van der Waals surface area contributed by atoms with Crippen molar-refractivity contribution >= 4 is 28.3 Å². The topological polar surface area (TPSA) is 84.0 Å². The van der Waals surface area contributed by atoms with Crippen LogP contribution in [0.1, 0.15) is 21.5 Å². The van der Waals surface area contributed by atoms with Crippen LogP contribution < -0.4 is 10.6 Å². The molecule has 7 heteroatoms. The molecule has 0 saturated heterocycles. The summed E-state index contributed by atoms with van der Waals surface area (Å²) in [5.41, 5.74) is 4.39. The Morgan fingerprint density at radius 3 is 2.58 bits per heavy atom. The molecule has 0 unspecified atom stereocenters. The van der Waals surface area contributed by atoms with Gasteiger partial charge in [0.15, 0.2) is 5.13 Å². The van der Waals surface area contributed by atoms with Crippen LogP contribution in [0.15, 0.2) is 48.1 Å². The first-order chi connectivity index (χ1) is 12.5. The van der Waals surface area contributed by atoms with Crippen LogP contribution in [0, 0.1) is 13.8 Å². The molecule has 2 aromatic heterocycles. The van der Waals surface area contributed by atoms with Crippen LogP contribution in [0.25, 0.3) is 11.3 Å². The van der Waals surface area contributed by atoms with Crippen molar-refractivity contribution in [2.75, 3.05) is 11.9 Å². The quantitative estimate of drug-likeness (QED) is 0.726. The lowest BCUT2D eigenvalue weighted by Gasteiger charge is -2.07. The molecule has 0 atom stereocenters. The highest BCUT2D eigenvalue weighted by Gasteiger charge is 2.11. The second-order valence-corrected chi connectivity index (χ2v) is 6.66. The summed E-state index contributed by atoms with van der Waals surface area (Å²) >= 11 is 1.33. The van der Waals surface area contributed by atoms with E-state index in [2.05, 4.69) is 20.6 Å². The Morgan fingerprint density at radius 2 is 1.85 bits per heavy atom. The molecular formula is C19H18N4O2S. The minimum absolute atomic E-state index is 0.115. The molecule has 132 valence electrons. The van der Waals surface area contributed by atoms with Crippen LogP contribution >= 0.6 is 11.3 Å². The van der Waals surface area contributed by atoms with E-state index in [4.69, 9.17) is 0 Å². The molecule has 0 bridgehead atoms. The summed E-state index contributed by atoms with van der Waals surface area (Å²) in [4.78, 5) is 32.5. The summed E-state index contributed by atoms with van der Waals surface area (Å²) < 4.78 is 0. The van der Waals surface area contributed by atoms with Gasteiger partial charge in [-0.1, -0.05) is 6.07 Å². The van der Waals surface area contributed by atoms with E-state index in [1.165, 1.54) is 11.3 Å². The van der Waals surface area contributed by atoms with E-state index < -0.39 is 0 Å². The smallest absolute Gasteiger partial charge is 0.251 e. The van der Waals surface area contributed by atoms with Gasteiger partial charge in [-0.05, 0) is 49.2 Å². The molecule has 3 aromatic rings. The van der Waals surface area contributed by atoms with E-state index in [9.17, 15) is 9.59 Å². The number of aromatic nitrogens is 2. The number of aryl methyl sites for hydroxylation is 2. The van der Waals surface area contributed by atoms with Crippen LogP contribution in [0.4, 0.5) is 5.13 Å². The van der Waals surface area contributed by atoms with Crippen molar-refractivity contribution < 1.29 is 9.59 Å². The number of pyridine rings is 1. The van der Waals surface area contributed by atoms with Gasteiger partial charge in [-0.15, -0.1) is 11.3 Å². The largest absolute Gasteiger partial charge is 0.343 e. The lowest BCUT2D eigenvalue weighted by atomic mass is 10.1. The molecular weight excluding hydrogens is 348 g/mol. The normalized spacial score (nSPS) is 10.4. The molecule has 26 heavy (non-hydrogen) atoms. The van der Waals surface area contributed by atoms with Gasteiger partial charge in [0.1, 0.15) is 0 Å². The third-order valence-electron chi connectivity index (χ3n) is 3.91. The number of nitrogens with one attached hydrogen (secondary N) is 2. The Labute approximate surface area is 155 Å². The summed E-state index contributed by atoms with van der Waals surface area (Å²) in [5, 5.41) is 7.67. The molecule has 0 radical (unpaired) electrons. The van der Waals surface area contributed by atoms with Gasteiger partial charge in [-0.3, -0.25) is 14.6 Å². The molecule has 0 saturated carbocycles. The summed E-state index contributed by atoms with van der Waals surface area (Å²) in [6, 6.07) is 9.15. The van der Waals surface area contributed by atoms with Gasteiger partial charge in [0.05, 0.1) is 12.2 Å². The predicted molar refractivity (Wildman–Crippen MR) is 102 cm³/mol. The second kappa shape index (κ2) is 7.88. The molecule has 6 nitrogen and oxygen atoms in total. The summed E-state index contributed by atoms with van der Waals surface area (Å²) in [6.07, 6.45) is 3.38. The predicted octanol–water partition coefficient (Wildman–Crippen LogP) is 3.19. The number of anilines is 1. The fourth-order valence-corrected chi connectivity index (χ4v) is 3.03. The molecule has 3 rings (SSSR count).